The third-order valence-corrected chi connectivity index (χ3v) is 6.21. The fourth-order valence-corrected chi connectivity index (χ4v) is 4.01. The van der Waals surface area contributed by atoms with Crippen LogP contribution in [-0.4, -0.2) is 52.2 Å². The van der Waals surface area contributed by atoms with Crippen LogP contribution in [-0.2, 0) is 27.2 Å². The van der Waals surface area contributed by atoms with Gasteiger partial charge in [0.05, 0.1) is 30.1 Å². The molecule has 196 valence electrons. The number of carbonyl (C=O) groups excluding carboxylic acids is 2. The first-order valence-corrected chi connectivity index (χ1v) is 12.5. The Morgan fingerprint density at radius 3 is 1.86 bits per heavy atom. The van der Waals surface area contributed by atoms with E-state index in [9.17, 15) is 24.6 Å². The Balaban J connectivity index is 2.29. The van der Waals surface area contributed by atoms with Crippen LogP contribution in [0.25, 0.3) is 0 Å². The number of carbonyl (C=O) groups is 3. The number of benzene rings is 2. The average Bonchev–Trinajstić information content (AvgIpc) is 2.87. The van der Waals surface area contributed by atoms with E-state index in [4.69, 9.17) is 5.73 Å². The first-order valence-electron chi connectivity index (χ1n) is 12.5. The van der Waals surface area contributed by atoms with Crippen LogP contribution < -0.4 is 16.4 Å². The van der Waals surface area contributed by atoms with Crippen molar-refractivity contribution in [3.8, 4) is 0 Å². The summed E-state index contributed by atoms with van der Waals surface area (Å²) < 4.78 is 0. The molecule has 6 N–H and O–H groups in total. The lowest BCUT2D eigenvalue weighted by Crippen LogP contribution is -2.58. The number of nitrogens with one attached hydrogen (secondary N) is 2. The molecule has 2 amide bonds. The topological polar surface area (TPSA) is 142 Å². The Morgan fingerprint density at radius 1 is 0.889 bits per heavy atom. The Labute approximate surface area is 213 Å². The Bertz CT molecular complexity index is 954. The summed E-state index contributed by atoms with van der Waals surface area (Å²) in [5.74, 6) is -2.77. The maximum absolute atomic E-state index is 12.9. The number of hydrogen-bond donors (Lipinski definition) is 5. The van der Waals surface area contributed by atoms with Gasteiger partial charge in [0.2, 0.25) is 11.8 Å². The maximum Gasteiger partial charge on any atom is 0.306 e. The van der Waals surface area contributed by atoms with E-state index < -0.39 is 42.0 Å². The molecule has 0 fully saturated rings. The summed E-state index contributed by atoms with van der Waals surface area (Å²) in [6, 6.07) is 16.6. The Hall–Kier alpha value is -3.23. The van der Waals surface area contributed by atoms with E-state index in [1.807, 2.05) is 67.6 Å². The molecule has 0 heterocycles. The molecule has 0 saturated carbocycles. The number of carboxylic acids is 1. The van der Waals surface area contributed by atoms with E-state index in [0.717, 1.165) is 24.0 Å². The summed E-state index contributed by atoms with van der Waals surface area (Å²) in [4.78, 5) is 36.8. The molecular formula is C28H39N3O5. The SMILES string of the molecule is CCCCC(N)C(=O)NC(Cc1ccccc1)C(O)C(Cc1ccccc1)NC(=O)CC(C)C(=O)O. The number of carboxylic acid groups (broad SMARTS) is 1. The standard InChI is InChI=1S/C28H39N3O5/c1-3-4-15-22(29)27(34)31-24(18-21-13-9-6-10-14-21)26(33)23(17-20-11-7-5-8-12-20)30-25(32)16-19(2)28(35)36/h5-14,19,22-24,26,33H,3-4,15-18,29H2,1-2H3,(H,30,32)(H,31,34)(H,35,36). The quantitative estimate of drug-likeness (QED) is 0.256. The summed E-state index contributed by atoms with van der Waals surface area (Å²) in [6.07, 6.45) is 1.53. The van der Waals surface area contributed by atoms with E-state index >= 15 is 0 Å². The minimum Gasteiger partial charge on any atom is -0.481 e. The highest BCUT2D eigenvalue weighted by Crippen LogP contribution is 2.15. The Kier molecular flexibility index (Phi) is 12.1. The second-order valence-corrected chi connectivity index (χ2v) is 9.35. The van der Waals surface area contributed by atoms with Crippen molar-refractivity contribution in [2.24, 2.45) is 11.7 Å². The third kappa shape index (κ3) is 9.79. The highest BCUT2D eigenvalue weighted by Gasteiger charge is 2.32. The monoisotopic (exact) mass is 497 g/mol. The van der Waals surface area contributed by atoms with Gasteiger partial charge in [-0.1, -0.05) is 87.4 Å². The number of amides is 2. The van der Waals surface area contributed by atoms with Crippen molar-refractivity contribution in [3.05, 3.63) is 71.8 Å². The first-order chi connectivity index (χ1) is 17.2. The molecule has 0 aliphatic carbocycles. The van der Waals surface area contributed by atoms with Crippen LogP contribution in [0.4, 0.5) is 0 Å². The molecule has 0 aliphatic rings. The van der Waals surface area contributed by atoms with Crippen molar-refractivity contribution in [1.29, 1.82) is 0 Å². The number of aliphatic hydroxyl groups is 1. The van der Waals surface area contributed by atoms with Crippen molar-refractivity contribution in [3.63, 3.8) is 0 Å². The molecular weight excluding hydrogens is 458 g/mol. The van der Waals surface area contributed by atoms with Crippen LogP contribution in [0.1, 0.15) is 50.7 Å². The molecule has 0 spiro atoms. The minimum atomic E-state index is -1.16. The summed E-state index contributed by atoms with van der Waals surface area (Å²) in [6.45, 7) is 3.48. The van der Waals surface area contributed by atoms with Crippen LogP contribution in [0, 0.1) is 5.92 Å². The van der Waals surface area contributed by atoms with Crippen LogP contribution in [0.15, 0.2) is 60.7 Å². The molecule has 36 heavy (non-hydrogen) atoms. The smallest absolute Gasteiger partial charge is 0.306 e. The van der Waals surface area contributed by atoms with Gasteiger partial charge < -0.3 is 26.6 Å². The van der Waals surface area contributed by atoms with Gasteiger partial charge >= 0.3 is 5.97 Å². The lowest BCUT2D eigenvalue weighted by Gasteiger charge is -2.32. The van der Waals surface area contributed by atoms with Crippen LogP contribution in [0.3, 0.4) is 0 Å². The second kappa shape index (κ2) is 15.0. The predicted octanol–water partition coefficient (Wildman–Crippen LogP) is 2.43. The Morgan fingerprint density at radius 2 is 1.39 bits per heavy atom. The summed E-state index contributed by atoms with van der Waals surface area (Å²) in [5.41, 5.74) is 7.89. The molecule has 0 aromatic heterocycles. The molecule has 8 nitrogen and oxygen atoms in total. The largest absolute Gasteiger partial charge is 0.481 e. The fourth-order valence-electron chi connectivity index (χ4n) is 4.01. The summed E-state index contributed by atoms with van der Waals surface area (Å²) in [5, 5.41) is 26.4. The van der Waals surface area contributed by atoms with Gasteiger partial charge in [0.25, 0.3) is 0 Å². The van der Waals surface area contributed by atoms with Gasteiger partial charge in [-0.05, 0) is 30.4 Å². The van der Waals surface area contributed by atoms with Gasteiger partial charge in [-0.2, -0.15) is 0 Å². The summed E-state index contributed by atoms with van der Waals surface area (Å²) in [7, 11) is 0. The highest BCUT2D eigenvalue weighted by atomic mass is 16.4. The average molecular weight is 498 g/mol. The number of aliphatic carboxylic acids is 1. The third-order valence-electron chi connectivity index (χ3n) is 6.21. The van der Waals surface area contributed by atoms with Gasteiger partial charge in [-0.15, -0.1) is 0 Å². The predicted molar refractivity (Wildman–Crippen MR) is 139 cm³/mol. The number of aliphatic hydroxyl groups excluding tert-OH is 1. The van der Waals surface area contributed by atoms with E-state index in [1.54, 1.807) is 0 Å². The van der Waals surface area contributed by atoms with E-state index in [1.165, 1.54) is 6.92 Å². The van der Waals surface area contributed by atoms with Gasteiger partial charge in [-0.25, -0.2) is 0 Å². The molecule has 0 saturated heterocycles. The van der Waals surface area contributed by atoms with E-state index in [2.05, 4.69) is 10.6 Å². The van der Waals surface area contributed by atoms with Crippen molar-refractivity contribution in [2.75, 3.05) is 0 Å². The van der Waals surface area contributed by atoms with Crippen LogP contribution in [0.5, 0.6) is 0 Å². The summed E-state index contributed by atoms with van der Waals surface area (Å²) >= 11 is 0. The zero-order valence-electron chi connectivity index (χ0n) is 21.1. The van der Waals surface area contributed by atoms with Crippen molar-refractivity contribution in [2.45, 2.75) is 76.6 Å². The molecule has 5 atom stereocenters. The van der Waals surface area contributed by atoms with E-state index in [0.29, 0.717) is 19.3 Å². The minimum absolute atomic E-state index is 0.217. The molecule has 0 aliphatic heterocycles. The molecule has 2 aromatic rings. The van der Waals surface area contributed by atoms with E-state index in [-0.39, 0.29) is 12.3 Å². The number of rotatable bonds is 15. The number of nitrogens with two attached hydrogens (primary N) is 1. The van der Waals surface area contributed by atoms with Crippen molar-refractivity contribution in [1.82, 2.24) is 10.6 Å². The molecule has 0 radical (unpaired) electrons. The van der Waals surface area contributed by atoms with Gasteiger partial charge in [-0.3, -0.25) is 14.4 Å². The maximum atomic E-state index is 12.9. The highest BCUT2D eigenvalue weighted by molar-refractivity contribution is 5.83. The zero-order chi connectivity index (χ0) is 26.5. The second-order valence-electron chi connectivity index (χ2n) is 9.35. The van der Waals surface area contributed by atoms with Crippen molar-refractivity contribution < 1.29 is 24.6 Å². The normalized spacial score (nSPS) is 15.2. The van der Waals surface area contributed by atoms with Gasteiger partial charge in [0.1, 0.15) is 0 Å². The molecule has 5 unspecified atom stereocenters. The first kappa shape index (κ1) is 29.0. The van der Waals surface area contributed by atoms with Gasteiger partial charge in [0, 0.05) is 6.42 Å². The number of hydrogen-bond acceptors (Lipinski definition) is 5. The molecule has 8 heteroatoms. The zero-order valence-corrected chi connectivity index (χ0v) is 21.1. The molecule has 2 aromatic carbocycles. The van der Waals surface area contributed by atoms with Gasteiger partial charge in [0.15, 0.2) is 0 Å². The molecule has 0 bridgehead atoms. The lowest BCUT2D eigenvalue weighted by atomic mass is 9.91. The fraction of sp³-hybridized carbons (Fsp3) is 0.464. The number of unbranched alkanes of at least 4 members (excludes halogenated alkanes) is 1. The van der Waals surface area contributed by atoms with Crippen molar-refractivity contribution >= 4 is 17.8 Å². The van der Waals surface area contributed by atoms with Crippen LogP contribution in [0.2, 0.25) is 0 Å². The van der Waals surface area contributed by atoms with Crippen LogP contribution >= 0.6 is 0 Å². The molecule has 2 rings (SSSR count). The lowest BCUT2D eigenvalue weighted by molar-refractivity contribution is -0.143.